The minimum absolute atomic E-state index is 0.0741. The first-order valence-corrected chi connectivity index (χ1v) is 4.74. The van der Waals surface area contributed by atoms with Gasteiger partial charge >= 0.3 is 0 Å². The molecule has 74 valence electrons. The lowest BCUT2D eigenvalue weighted by Gasteiger charge is -1.92. The summed E-state index contributed by atoms with van der Waals surface area (Å²) < 4.78 is 29.2. The van der Waals surface area contributed by atoms with Crippen LogP contribution in [0.5, 0.6) is 0 Å². The first-order chi connectivity index (χ1) is 6.61. The molecule has 1 N–H and O–H groups in total. The van der Waals surface area contributed by atoms with Crippen molar-refractivity contribution < 1.29 is 13.0 Å². The zero-order chi connectivity index (χ0) is 11.6. The molecule has 0 aromatic heterocycles. The van der Waals surface area contributed by atoms with Crippen LogP contribution >= 0.6 is 0 Å². The fourth-order valence-corrected chi connectivity index (χ4v) is 1.09. The van der Waals surface area contributed by atoms with Gasteiger partial charge < -0.3 is 0 Å². The van der Waals surface area contributed by atoms with Gasteiger partial charge in [0.25, 0.3) is 10.1 Å². The molecule has 0 aliphatic rings. The molecule has 0 fully saturated rings. The lowest BCUT2D eigenvalue weighted by Crippen LogP contribution is -1.96. The van der Waals surface area contributed by atoms with Gasteiger partial charge in [-0.2, -0.15) is 8.42 Å². The average Bonchev–Trinajstić information content (AvgIpc) is 2.24. The monoisotopic (exact) mass is 210 g/mol. The maximum atomic E-state index is 10.4. The molecule has 0 heterocycles. The van der Waals surface area contributed by atoms with Gasteiger partial charge in [-0.15, -0.1) is 25.7 Å². The maximum absolute atomic E-state index is 10.4. The highest BCUT2D eigenvalue weighted by Gasteiger charge is 2.05. The molecular weight excluding hydrogens is 200 g/mol. The van der Waals surface area contributed by atoms with Gasteiger partial charge in [0, 0.05) is 0 Å². The second kappa shape index (κ2) is 7.88. The van der Waals surface area contributed by atoms with Crippen LogP contribution in [0.1, 0.15) is 0 Å². The van der Waals surface area contributed by atoms with Crippen LogP contribution in [0.25, 0.3) is 0 Å². The number of terminal acetylenes is 2. The van der Waals surface area contributed by atoms with Crippen LogP contribution < -0.4 is 0 Å². The van der Waals surface area contributed by atoms with E-state index in [1.165, 1.54) is 12.1 Å². The van der Waals surface area contributed by atoms with Crippen molar-refractivity contribution in [2.24, 2.45) is 0 Å². The number of hydrogen-bond acceptors (Lipinski definition) is 2. The van der Waals surface area contributed by atoms with Crippen LogP contribution in [0.2, 0.25) is 0 Å². The van der Waals surface area contributed by atoms with E-state index in [1.807, 2.05) is 0 Å². The Morgan fingerprint density at radius 2 is 1.29 bits per heavy atom. The summed E-state index contributed by atoms with van der Waals surface area (Å²) in [6.07, 6.45) is 16.0. The molecule has 0 atom stereocenters. The van der Waals surface area contributed by atoms with E-state index in [-0.39, 0.29) is 4.90 Å². The van der Waals surface area contributed by atoms with Crippen molar-refractivity contribution in [3.63, 3.8) is 0 Å². The second-order valence-corrected chi connectivity index (χ2v) is 3.21. The molecule has 1 rings (SSSR count). The Bertz CT molecular complexity index is 368. The van der Waals surface area contributed by atoms with Gasteiger partial charge in [0.15, 0.2) is 0 Å². The Labute approximate surface area is 84.5 Å². The molecule has 0 unspecified atom stereocenters. The van der Waals surface area contributed by atoms with E-state index in [0.717, 1.165) is 0 Å². The van der Waals surface area contributed by atoms with Crippen molar-refractivity contribution >= 4 is 10.1 Å². The minimum atomic E-state index is -4.00. The molecule has 14 heavy (non-hydrogen) atoms. The van der Waals surface area contributed by atoms with Crippen molar-refractivity contribution in [3.8, 4) is 25.7 Å². The van der Waals surface area contributed by atoms with Gasteiger partial charge in [0.2, 0.25) is 0 Å². The number of hydrogen-bond donors (Lipinski definition) is 1. The summed E-state index contributed by atoms with van der Waals surface area (Å²) in [5.41, 5.74) is 0. The molecular formula is C10H10O3S. The summed E-state index contributed by atoms with van der Waals surface area (Å²) >= 11 is 0. The summed E-state index contributed by atoms with van der Waals surface area (Å²) in [5, 5.41) is 0. The first kappa shape index (κ1) is 14.8. The zero-order valence-corrected chi connectivity index (χ0v) is 8.18. The predicted molar refractivity (Wildman–Crippen MR) is 56.0 cm³/mol. The smallest absolute Gasteiger partial charge is 0.282 e. The topological polar surface area (TPSA) is 54.4 Å². The quantitative estimate of drug-likeness (QED) is 0.563. The summed E-state index contributed by atoms with van der Waals surface area (Å²) in [5.74, 6) is 0. The minimum Gasteiger partial charge on any atom is -0.282 e. The van der Waals surface area contributed by atoms with Gasteiger partial charge in [0.05, 0.1) is 4.90 Å². The van der Waals surface area contributed by atoms with Crippen LogP contribution in [-0.2, 0) is 10.1 Å². The lowest BCUT2D eigenvalue weighted by atomic mass is 10.4. The summed E-state index contributed by atoms with van der Waals surface area (Å²) in [6, 6.07) is 7.42. The average molecular weight is 210 g/mol. The van der Waals surface area contributed by atoms with Crippen LogP contribution in [0.4, 0.5) is 0 Å². The zero-order valence-electron chi connectivity index (χ0n) is 7.37. The van der Waals surface area contributed by atoms with Crippen molar-refractivity contribution in [1.29, 1.82) is 0 Å². The highest BCUT2D eigenvalue weighted by molar-refractivity contribution is 7.85. The number of benzene rings is 1. The molecule has 0 amide bonds. The Kier molecular flexibility index (Phi) is 8.30. The summed E-state index contributed by atoms with van der Waals surface area (Å²) in [6.45, 7) is 0. The van der Waals surface area contributed by atoms with Crippen molar-refractivity contribution in [2.45, 2.75) is 4.90 Å². The molecule has 0 aliphatic carbocycles. The van der Waals surface area contributed by atoms with Crippen LogP contribution in [0.3, 0.4) is 0 Å². The molecule has 0 aliphatic heterocycles. The number of rotatable bonds is 1. The third-order valence-electron chi connectivity index (χ3n) is 1.04. The lowest BCUT2D eigenvalue weighted by molar-refractivity contribution is 0.483. The molecule has 0 spiro atoms. The molecule has 0 radical (unpaired) electrons. The van der Waals surface area contributed by atoms with Gasteiger partial charge in [-0.3, -0.25) is 4.55 Å². The van der Waals surface area contributed by atoms with Gasteiger partial charge in [-0.25, -0.2) is 0 Å². The Morgan fingerprint density at radius 3 is 1.50 bits per heavy atom. The van der Waals surface area contributed by atoms with Gasteiger partial charge in [-0.05, 0) is 12.1 Å². The predicted octanol–water partition coefficient (Wildman–Crippen LogP) is 1.43. The highest BCUT2D eigenvalue weighted by Crippen LogP contribution is 2.05. The van der Waals surface area contributed by atoms with Crippen molar-refractivity contribution in [3.05, 3.63) is 30.3 Å². The molecule has 0 saturated carbocycles. The molecule has 4 heteroatoms. The third-order valence-corrected chi connectivity index (χ3v) is 1.91. The van der Waals surface area contributed by atoms with Crippen LogP contribution in [0.15, 0.2) is 35.2 Å². The van der Waals surface area contributed by atoms with E-state index in [4.69, 9.17) is 4.55 Å². The fraction of sp³-hybridized carbons (Fsp3) is 0. The fourth-order valence-electron chi connectivity index (χ4n) is 0.592. The van der Waals surface area contributed by atoms with Gasteiger partial charge in [-0.1, -0.05) is 18.2 Å². The molecule has 0 bridgehead atoms. The third kappa shape index (κ3) is 5.84. The van der Waals surface area contributed by atoms with E-state index in [1.54, 1.807) is 18.2 Å². The molecule has 0 saturated heterocycles. The largest absolute Gasteiger partial charge is 0.294 e. The maximum Gasteiger partial charge on any atom is 0.294 e. The Hall–Kier alpha value is -1.75. The van der Waals surface area contributed by atoms with E-state index in [0.29, 0.717) is 0 Å². The molecule has 1 aromatic carbocycles. The van der Waals surface area contributed by atoms with Crippen LogP contribution in [-0.4, -0.2) is 13.0 Å². The Balaban J connectivity index is 0. The van der Waals surface area contributed by atoms with E-state index in [9.17, 15) is 8.42 Å². The summed E-state index contributed by atoms with van der Waals surface area (Å²) in [7, 11) is -4.00. The van der Waals surface area contributed by atoms with Crippen molar-refractivity contribution in [1.82, 2.24) is 0 Å². The van der Waals surface area contributed by atoms with E-state index < -0.39 is 10.1 Å². The Morgan fingerprint density at radius 1 is 0.929 bits per heavy atom. The highest BCUT2D eigenvalue weighted by atomic mass is 32.2. The normalized spacial score (nSPS) is 8.36. The first-order valence-electron chi connectivity index (χ1n) is 3.30. The van der Waals surface area contributed by atoms with Gasteiger partial charge in [0.1, 0.15) is 0 Å². The van der Waals surface area contributed by atoms with Crippen LogP contribution in [0, 0.1) is 25.7 Å². The van der Waals surface area contributed by atoms with E-state index >= 15 is 0 Å². The SMILES string of the molecule is C#C.C#C.O=S(=O)(O)c1ccccc1. The van der Waals surface area contributed by atoms with Crippen molar-refractivity contribution in [2.75, 3.05) is 0 Å². The second-order valence-electron chi connectivity index (χ2n) is 1.79. The summed E-state index contributed by atoms with van der Waals surface area (Å²) in [4.78, 5) is -0.0741. The molecule has 1 aromatic rings. The standard InChI is InChI=1S/C6H6O3S.2C2H2/c7-10(8,9)6-4-2-1-3-5-6;2*1-2/h1-5H,(H,7,8,9);2*1-2H. The van der Waals surface area contributed by atoms with E-state index in [2.05, 4.69) is 25.7 Å². The molecule has 3 nitrogen and oxygen atoms in total.